The number of hydrogen-bond acceptors (Lipinski definition) is 4. The number of primary amides is 1. The van der Waals surface area contributed by atoms with E-state index < -0.39 is 0 Å². The van der Waals surface area contributed by atoms with Crippen molar-refractivity contribution in [1.82, 2.24) is 20.1 Å². The van der Waals surface area contributed by atoms with Crippen LogP contribution in [0.1, 0.15) is 25.0 Å². The molecule has 0 bridgehead atoms. The first-order valence-corrected chi connectivity index (χ1v) is 5.02. The van der Waals surface area contributed by atoms with E-state index in [9.17, 15) is 4.79 Å². The molecule has 0 unspecified atom stereocenters. The van der Waals surface area contributed by atoms with E-state index >= 15 is 0 Å². The highest BCUT2D eigenvalue weighted by Crippen LogP contribution is 2.01. The zero-order valence-electron chi connectivity index (χ0n) is 9.16. The van der Waals surface area contributed by atoms with Crippen LogP contribution in [0.25, 0.3) is 0 Å². The van der Waals surface area contributed by atoms with Crippen LogP contribution < -0.4 is 11.1 Å². The Balaban J connectivity index is 2.56. The van der Waals surface area contributed by atoms with Crippen molar-refractivity contribution in [3.63, 3.8) is 0 Å². The van der Waals surface area contributed by atoms with Crippen molar-refractivity contribution in [2.24, 2.45) is 5.73 Å². The maximum Gasteiger partial charge on any atom is 0.231 e. The normalized spacial score (nSPS) is 10.5. The minimum atomic E-state index is -0.367. The molecule has 6 nitrogen and oxygen atoms in total. The predicted octanol–water partition coefficient (Wildman–Crippen LogP) is -0.429. The molecule has 84 valence electrons. The van der Waals surface area contributed by atoms with Gasteiger partial charge in [0.25, 0.3) is 0 Å². The van der Waals surface area contributed by atoms with E-state index in [2.05, 4.69) is 22.4 Å². The second-order valence-electron chi connectivity index (χ2n) is 3.38. The molecule has 15 heavy (non-hydrogen) atoms. The van der Waals surface area contributed by atoms with E-state index in [4.69, 9.17) is 5.73 Å². The van der Waals surface area contributed by atoms with Crippen LogP contribution in [0.3, 0.4) is 0 Å². The van der Waals surface area contributed by atoms with Gasteiger partial charge < -0.3 is 15.6 Å². The van der Waals surface area contributed by atoms with Crippen LogP contribution in [0.15, 0.2) is 0 Å². The number of aromatic nitrogens is 3. The van der Waals surface area contributed by atoms with Gasteiger partial charge in [-0.3, -0.25) is 4.79 Å². The maximum atomic E-state index is 10.5. The number of rotatable bonds is 6. The number of nitrogens with one attached hydrogen (secondary N) is 1. The molecule has 0 aliphatic rings. The summed E-state index contributed by atoms with van der Waals surface area (Å²) in [7, 11) is 0. The van der Waals surface area contributed by atoms with E-state index in [0.717, 1.165) is 24.6 Å². The van der Waals surface area contributed by atoms with Crippen molar-refractivity contribution in [3.8, 4) is 0 Å². The largest absolute Gasteiger partial charge is 0.369 e. The summed E-state index contributed by atoms with van der Waals surface area (Å²) < 4.78 is 2.04. The Labute approximate surface area is 88.9 Å². The first-order valence-electron chi connectivity index (χ1n) is 5.02. The van der Waals surface area contributed by atoms with E-state index in [1.807, 2.05) is 11.5 Å². The van der Waals surface area contributed by atoms with E-state index in [0.29, 0.717) is 6.54 Å². The molecule has 1 rings (SSSR count). The van der Waals surface area contributed by atoms with Gasteiger partial charge in [0.2, 0.25) is 5.91 Å². The molecular weight excluding hydrogens is 194 g/mol. The lowest BCUT2D eigenvalue weighted by Crippen LogP contribution is -2.29. The molecule has 0 saturated carbocycles. The second-order valence-corrected chi connectivity index (χ2v) is 3.38. The van der Waals surface area contributed by atoms with Gasteiger partial charge in [0.15, 0.2) is 0 Å². The monoisotopic (exact) mass is 211 g/mol. The van der Waals surface area contributed by atoms with E-state index in [-0.39, 0.29) is 12.5 Å². The van der Waals surface area contributed by atoms with Gasteiger partial charge in [-0.2, -0.15) is 0 Å². The van der Waals surface area contributed by atoms with Gasteiger partial charge in [-0.15, -0.1) is 10.2 Å². The molecule has 0 aromatic carbocycles. The average Bonchev–Trinajstić information content (AvgIpc) is 2.50. The van der Waals surface area contributed by atoms with Crippen molar-refractivity contribution in [3.05, 3.63) is 11.6 Å². The summed E-state index contributed by atoms with van der Waals surface area (Å²) in [6, 6.07) is 0. The first kappa shape index (κ1) is 11.6. The molecule has 0 aliphatic carbocycles. The first-order chi connectivity index (χ1) is 7.15. The van der Waals surface area contributed by atoms with Crippen LogP contribution in [0.4, 0.5) is 0 Å². The van der Waals surface area contributed by atoms with Gasteiger partial charge in [-0.25, -0.2) is 0 Å². The molecule has 6 heteroatoms. The minimum Gasteiger partial charge on any atom is -0.369 e. The summed E-state index contributed by atoms with van der Waals surface area (Å²) in [6.07, 6.45) is 1.03. The number of amides is 1. The number of carbonyl (C=O) groups is 1. The van der Waals surface area contributed by atoms with Crippen LogP contribution in [0.5, 0.6) is 0 Å². The van der Waals surface area contributed by atoms with Crippen LogP contribution in [-0.2, 0) is 17.9 Å². The smallest absolute Gasteiger partial charge is 0.231 e. The summed E-state index contributed by atoms with van der Waals surface area (Å²) in [5.41, 5.74) is 5.01. The molecule has 0 saturated heterocycles. The van der Waals surface area contributed by atoms with Gasteiger partial charge in [0.05, 0.1) is 13.1 Å². The molecular formula is C9H17N5O. The van der Waals surface area contributed by atoms with E-state index in [1.165, 1.54) is 0 Å². The molecule has 0 aliphatic heterocycles. The van der Waals surface area contributed by atoms with Crippen molar-refractivity contribution in [2.75, 3.05) is 6.54 Å². The van der Waals surface area contributed by atoms with Crippen LogP contribution in [-0.4, -0.2) is 27.2 Å². The third-order valence-corrected chi connectivity index (χ3v) is 2.04. The van der Waals surface area contributed by atoms with Gasteiger partial charge in [0, 0.05) is 6.54 Å². The topological polar surface area (TPSA) is 85.8 Å². The lowest BCUT2D eigenvalue weighted by molar-refractivity contribution is -0.117. The fraction of sp³-hybridized carbons (Fsp3) is 0.667. The van der Waals surface area contributed by atoms with Gasteiger partial charge >= 0.3 is 0 Å². The summed E-state index contributed by atoms with van der Waals surface area (Å²) in [5, 5.41) is 10.9. The van der Waals surface area contributed by atoms with Crippen molar-refractivity contribution in [2.45, 2.75) is 33.4 Å². The zero-order chi connectivity index (χ0) is 11.3. The number of carbonyl (C=O) groups excluding carboxylic acids is 1. The van der Waals surface area contributed by atoms with Crippen molar-refractivity contribution >= 4 is 5.91 Å². The SMILES string of the molecule is CCCn1c(C)nnc1CNCC(N)=O. The third kappa shape index (κ3) is 3.32. The Morgan fingerprint density at radius 2 is 2.27 bits per heavy atom. The highest BCUT2D eigenvalue weighted by atomic mass is 16.1. The Hall–Kier alpha value is -1.43. The molecule has 0 fully saturated rings. The lowest BCUT2D eigenvalue weighted by Gasteiger charge is -2.06. The third-order valence-electron chi connectivity index (χ3n) is 2.04. The highest BCUT2D eigenvalue weighted by molar-refractivity contribution is 5.75. The van der Waals surface area contributed by atoms with Crippen molar-refractivity contribution < 1.29 is 4.79 Å². The Kier molecular flexibility index (Phi) is 4.23. The number of hydrogen-bond donors (Lipinski definition) is 2. The molecule has 0 radical (unpaired) electrons. The highest BCUT2D eigenvalue weighted by Gasteiger charge is 2.07. The Morgan fingerprint density at radius 3 is 2.87 bits per heavy atom. The maximum absolute atomic E-state index is 10.5. The summed E-state index contributed by atoms with van der Waals surface area (Å²) in [6.45, 7) is 5.59. The standard InChI is InChI=1S/C9H17N5O/c1-3-4-14-7(2)12-13-9(14)6-11-5-8(10)15/h11H,3-6H2,1-2H3,(H2,10,15). The Morgan fingerprint density at radius 1 is 1.53 bits per heavy atom. The van der Waals surface area contributed by atoms with Crippen LogP contribution in [0, 0.1) is 6.92 Å². The lowest BCUT2D eigenvalue weighted by atomic mass is 10.4. The van der Waals surface area contributed by atoms with E-state index in [1.54, 1.807) is 0 Å². The van der Waals surface area contributed by atoms with Crippen LogP contribution >= 0.6 is 0 Å². The summed E-state index contributed by atoms with van der Waals surface area (Å²) in [5.74, 6) is 1.37. The zero-order valence-corrected chi connectivity index (χ0v) is 9.16. The fourth-order valence-corrected chi connectivity index (χ4v) is 1.37. The summed E-state index contributed by atoms with van der Waals surface area (Å²) >= 11 is 0. The molecule has 0 spiro atoms. The quantitative estimate of drug-likeness (QED) is 0.668. The molecule has 1 aromatic heterocycles. The molecule has 3 N–H and O–H groups in total. The fourth-order valence-electron chi connectivity index (χ4n) is 1.37. The number of aryl methyl sites for hydroxylation is 1. The van der Waals surface area contributed by atoms with Crippen molar-refractivity contribution in [1.29, 1.82) is 0 Å². The molecule has 1 heterocycles. The molecule has 1 aromatic rings. The van der Waals surface area contributed by atoms with Gasteiger partial charge in [-0.1, -0.05) is 6.92 Å². The van der Waals surface area contributed by atoms with Gasteiger partial charge in [0.1, 0.15) is 11.6 Å². The Bertz CT molecular complexity index is 333. The number of nitrogens with zero attached hydrogens (tertiary/aromatic N) is 3. The second kappa shape index (κ2) is 5.45. The van der Waals surface area contributed by atoms with Crippen LogP contribution in [0.2, 0.25) is 0 Å². The number of nitrogens with two attached hydrogens (primary N) is 1. The predicted molar refractivity (Wildman–Crippen MR) is 56.0 cm³/mol. The average molecular weight is 211 g/mol. The molecule has 0 atom stereocenters. The minimum absolute atomic E-state index is 0.165. The van der Waals surface area contributed by atoms with Gasteiger partial charge in [-0.05, 0) is 13.3 Å². The summed E-state index contributed by atoms with van der Waals surface area (Å²) in [4.78, 5) is 10.5. The molecule has 1 amide bonds.